The maximum atomic E-state index is 13.5. The first-order valence-electron chi connectivity index (χ1n) is 10.2. The second-order valence-corrected chi connectivity index (χ2v) is 7.26. The van der Waals surface area contributed by atoms with Crippen LogP contribution in [0.25, 0.3) is 0 Å². The first kappa shape index (κ1) is 21.3. The molecule has 1 fully saturated rings. The van der Waals surface area contributed by atoms with Crippen LogP contribution >= 0.6 is 0 Å². The number of anilines is 2. The third-order valence-corrected chi connectivity index (χ3v) is 5.23. The number of aromatic nitrogens is 1. The molecule has 0 radical (unpaired) electrons. The number of rotatable bonds is 6. The third-order valence-electron chi connectivity index (χ3n) is 5.23. The molecule has 1 N–H and O–H groups in total. The lowest BCUT2D eigenvalue weighted by Crippen LogP contribution is -2.36. The van der Waals surface area contributed by atoms with Gasteiger partial charge in [0.2, 0.25) is 0 Å². The summed E-state index contributed by atoms with van der Waals surface area (Å²) in [5.41, 5.74) is 1.36. The van der Waals surface area contributed by atoms with Crippen molar-refractivity contribution in [3.63, 3.8) is 0 Å². The number of carbonyl (C=O) groups is 1. The zero-order chi connectivity index (χ0) is 22.5. The van der Waals surface area contributed by atoms with Gasteiger partial charge in [-0.15, -0.1) is 0 Å². The normalized spacial score (nSPS) is 13.6. The summed E-state index contributed by atoms with van der Waals surface area (Å²) in [7, 11) is 0. The van der Waals surface area contributed by atoms with Crippen molar-refractivity contribution in [2.45, 2.75) is 6.54 Å². The first-order valence-corrected chi connectivity index (χ1v) is 10.2. The number of nitro benzene ring substituents is 1. The quantitative estimate of drug-likeness (QED) is 0.468. The molecular weight excluding hydrogens is 412 g/mol. The summed E-state index contributed by atoms with van der Waals surface area (Å²) in [6.07, 6.45) is 1.62. The number of phenols is 1. The Kier molecular flexibility index (Phi) is 6.27. The van der Waals surface area contributed by atoms with Gasteiger partial charge >= 0.3 is 0 Å². The van der Waals surface area contributed by atoms with Crippen molar-refractivity contribution in [3.05, 3.63) is 88.2 Å². The van der Waals surface area contributed by atoms with Gasteiger partial charge in [-0.05, 0) is 36.4 Å². The number of nitro groups is 1. The highest BCUT2D eigenvalue weighted by molar-refractivity contribution is 6.07. The van der Waals surface area contributed by atoms with Crippen molar-refractivity contribution >= 4 is 23.0 Å². The summed E-state index contributed by atoms with van der Waals surface area (Å²) in [4.78, 5) is 32.3. The van der Waals surface area contributed by atoms with E-state index in [-0.39, 0.29) is 23.5 Å². The molecule has 3 aromatic rings. The molecule has 0 atom stereocenters. The number of carbonyl (C=O) groups excluding carboxylic acids is 1. The molecule has 0 bridgehead atoms. The van der Waals surface area contributed by atoms with Gasteiger partial charge in [-0.25, -0.2) is 0 Å². The largest absolute Gasteiger partial charge is 0.506 e. The Morgan fingerprint density at radius 3 is 2.56 bits per heavy atom. The van der Waals surface area contributed by atoms with E-state index in [1.54, 1.807) is 54.7 Å². The molecule has 0 saturated carbocycles. The molecule has 1 aromatic heterocycles. The van der Waals surface area contributed by atoms with Crippen LogP contribution in [0.5, 0.6) is 5.75 Å². The third kappa shape index (κ3) is 4.52. The van der Waals surface area contributed by atoms with Crippen LogP contribution in [-0.4, -0.2) is 47.2 Å². The first-order chi connectivity index (χ1) is 15.5. The number of para-hydroxylation sites is 2. The SMILES string of the molecule is O=C(c1ccc(N2CCOCC2)c([N+](=O)[O-])c1)N(Cc1ccccn1)c1ccccc1O. The van der Waals surface area contributed by atoms with Crippen molar-refractivity contribution in [3.8, 4) is 5.75 Å². The molecule has 2 heterocycles. The highest BCUT2D eigenvalue weighted by Gasteiger charge is 2.27. The molecule has 32 heavy (non-hydrogen) atoms. The monoisotopic (exact) mass is 434 g/mol. The van der Waals surface area contributed by atoms with E-state index >= 15 is 0 Å². The van der Waals surface area contributed by atoms with Gasteiger partial charge in [0.1, 0.15) is 11.4 Å². The van der Waals surface area contributed by atoms with Gasteiger partial charge in [-0.2, -0.15) is 0 Å². The fourth-order valence-electron chi connectivity index (χ4n) is 3.64. The van der Waals surface area contributed by atoms with E-state index in [9.17, 15) is 20.0 Å². The second-order valence-electron chi connectivity index (χ2n) is 7.26. The van der Waals surface area contributed by atoms with Crippen LogP contribution in [0.15, 0.2) is 66.9 Å². The van der Waals surface area contributed by atoms with Gasteiger partial charge in [0.05, 0.1) is 36.1 Å². The molecule has 0 spiro atoms. The number of nitrogens with zero attached hydrogens (tertiary/aromatic N) is 4. The Hall–Kier alpha value is -3.98. The number of aromatic hydroxyl groups is 1. The Morgan fingerprint density at radius 1 is 1.12 bits per heavy atom. The topological polar surface area (TPSA) is 109 Å². The smallest absolute Gasteiger partial charge is 0.293 e. The zero-order valence-corrected chi connectivity index (χ0v) is 17.3. The van der Waals surface area contributed by atoms with E-state index in [1.165, 1.54) is 17.0 Å². The minimum atomic E-state index is -0.481. The van der Waals surface area contributed by atoms with Crippen molar-refractivity contribution < 1.29 is 19.6 Å². The molecule has 2 aromatic carbocycles. The zero-order valence-electron chi connectivity index (χ0n) is 17.3. The van der Waals surface area contributed by atoms with Gasteiger partial charge in [0.15, 0.2) is 0 Å². The number of amides is 1. The van der Waals surface area contributed by atoms with Crippen molar-refractivity contribution in [2.75, 3.05) is 36.1 Å². The Balaban J connectivity index is 1.72. The highest BCUT2D eigenvalue weighted by Crippen LogP contribution is 2.33. The van der Waals surface area contributed by atoms with Gasteiger partial charge in [-0.1, -0.05) is 18.2 Å². The summed E-state index contributed by atoms with van der Waals surface area (Å²) in [6.45, 7) is 2.15. The molecule has 1 saturated heterocycles. The summed E-state index contributed by atoms with van der Waals surface area (Å²) in [5.74, 6) is -0.551. The van der Waals surface area contributed by atoms with Crippen LogP contribution in [0, 0.1) is 10.1 Å². The number of phenolic OH excluding ortho intramolecular Hbond substituents is 1. The summed E-state index contributed by atoms with van der Waals surface area (Å²) in [6, 6.07) is 16.3. The van der Waals surface area contributed by atoms with Gasteiger partial charge in [0.25, 0.3) is 11.6 Å². The molecule has 4 rings (SSSR count). The van der Waals surface area contributed by atoms with Crippen LogP contribution < -0.4 is 9.80 Å². The summed E-state index contributed by atoms with van der Waals surface area (Å²) < 4.78 is 5.33. The molecule has 0 aliphatic carbocycles. The fraction of sp³-hybridized carbons (Fsp3) is 0.217. The molecule has 9 nitrogen and oxygen atoms in total. The molecule has 9 heteroatoms. The summed E-state index contributed by atoms with van der Waals surface area (Å²) in [5, 5.41) is 22.2. The molecule has 1 aliphatic rings. The Labute approximate surface area is 184 Å². The van der Waals surface area contributed by atoms with Gasteiger partial charge in [-0.3, -0.25) is 24.8 Å². The predicted molar refractivity (Wildman–Crippen MR) is 119 cm³/mol. The Morgan fingerprint density at radius 2 is 1.88 bits per heavy atom. The van der Waals surface area contributed by atoms with Crippen LogP contribution in [0.1, 0.15) is 16.1 Å². The average molecular weight is 434 g/mol. The number of hydrogen-bond donors (Lipinski definition) is 1. The van der Waals surface area contributed by atoms with Crippen LogP contribution in [0.3, 0.4) is 0 Å². The molecule has 1 amide bonds. The minimum Gasteiger partial charge on any atom is -0.506 e. The lowest BCUT2D eigenvalue weighted by molar-refractivity contribution is -0.384. The van der Waals surface area contributed by atoms with Crippen molar-refractivity contribution in [1.29, 1.82) is 0 Å². The van der Waals surface area contributed by atoms with Crippen LogP contribution in [0.2, 0.25) is 0 Å². The Bertz CT molecular complexity index is 1120. The van der Waals surface area contributed by atoms with E-state index in [4.69, 9.17) is 4.74 Å². The predicted octanol–water partition coefficient (Wildman–Crippen LogP) is 3.38. The number of benzene rings is 2. The number of pyridine rings is 1. The van der Waals surface area contributed by atoms with Crippen LogP contribution in [-0.2, 0) is 11.3 Å². The number of ether oxygens (including phenoxy) is 1. The maximum absolute atomic E-state index is 13.5. The highest BCUT2D eigenvalue weighted by atomic mass is 16.6. The number of hydrogen-bond acceptors (Lipinski definition) is 7. The van der Waals surface area contributed by atoms with E-state index in [1.807, 2.05) is 4.90 Å². The number of morpholine rings is 1. The van der Waals surface area contributed by atoms with E-state index in [2.05, 4.69) is 4.98 Å². The van der Waals surface area contributed by atoms with Crippen molar-refractivity contribution in [1.82, 2.24) is 4.98 Å². The molecule has 0 unspecified atom stereocenters. The van der Waals surface area contributed by atoms with E-state index in [0.29, 0.717) is 43.4 Å². The molecule has 1 aliphatic heterocycles. The summed E-state index contributed by atoms with van der Waals surface area (Å²) >= 11 is 0. The lowest BCUT2D eigenvalue weighted by atomic mass is 10.1. The van der Waals surface area contributed by atoms with E-state index < -0.39 is 10.8 Å². The standard InChI is InChI=1S/C23H22N4O5/c28-22-7-2-1-6-20(22)26(16-18-5-3-4-10-24-18)23(29)17-8-9-19(21(15-17)27(30)31)25-11-13-32-14-12-25/h1-10,15,28H,11-14,16H2. The molecule has 164 valence electrons. The van der Waals surface area contributed by atoms with Crippen molar-refractivity contribution in [2.24, 2.45) is 0 Å². The van der Waals surface area contributed by atoms with Crippen LogP contribution in [0.4, 0.5) is 17.1 Å². The van der Waals surface area contributed by atoms with Gasteiger partial charge in [0, 0.05) is 30.9 Å². The maximum Gasteiger partial charge on any atom is 0.293 e. The average Bonchev–Trinajstić information content (AvgIpc) is 2.83. The second kappa shape index (κ2) is 9.44. The minimum absolute atomic E-state index is 0.0729. The lowest BCUT2D eigenvalue weighted by Gasteiger charge is -2.29. The van der Waals surface area contributed by atoms with Gasteiger partial charge < -0.3 is 14.7 Å². The fourth-order valence-corrected chi connectivity index (χ4v) is 3.64. The molecular formula is C23H22N4O5. The van der Waals surface area contributed by atoms with E-state index in [0.717, 1.165) is 0 Å².